The average Bonchev–Trinajstić information content (AvgIpc) is 3.32. The van der Waals surface area contributed by atoms with Crippen LogP contribution in [0.15, 0.2) is 59.5 Å². The molecule has 7 nitrogen and oxygen atoms in total. The standard InChI is InChI=1S/C25H28ClNO6S2/c1-32-20-10-12-22(33-2)24(17-20)35(30,31)27(14-4-7-18-6-3-8-19(26)16-18)15-5-9-21-11-13-23(34-21)25(28)29/h3,6,8,10-13,16-17H,4-5,7,9,14-15H2,1-2H3,(H,28,29). The topological polar surface area (TPSA) is 93.1 Å². The molecule has 1 heterocycles. The molecule has 0 aliphatic carbocycles. The molecule has 0 unspecified atom stereocenters. The van der Waals surface area contributed by atoms with E-state index < -0.39 is 16.0 Å². The van der Waals surface area contributed by atoms with E-state index >= 15 is 0 Å². The number of aryl methyl sites for hydroxylation is 2. The Bertz CT molecular complexity index is 1260. The molecule has 0 saturated heterocycles. The molecule has 3 rings (SSSR count). The van der Waals surface area contributed by atoms with Crippen LogP contribution in [0.2, 0.25) is 5.02 Å². The highest BCUT2D eigenvalue weighted by Crippen LogP contribution is 2.31. The van der Waals surface area contributed by atoms with Gasteiger partial charge in [-0.3, -0.25) is 0 Å². The summed E-state index contributed by atoms with van der Waals surface area (Å²) in [6.07, 6.45) is 2.40. The molecule has 2 aromatic carbocycles. The Labute approximate surface area is 214 Å². The first-order chi connectivity index (χ1) is 16.7. The molecule has 0 radical (unpaired) electrons. The first-order valence-electron chi connectivity index (χ1n) is 11.0. The number of nitrogens with zero attached hydrogens (tertiary/aromatic N) is 1. The Morgan fingerprint density at radius 1 is 1.00 bits per heavy atom. The second-order valence-electron chi connectivity index (χ2n) is 7.83. The molecule has 0 aliphatic heterocycles. The number of carboxylic acids is 1. The zero-order valence-corrected chi connectivity index (χ0v) is 22.0. The molecule has 188 valence electrons. The van der Waals surface area contributed by atoms with Gasteiger partial charge in [-0.05, 0) is 67.6 Å². The number of ether oxygens (including phenoxy) is 2. The molecular weight excluding hydrogens is 510 g/mol. The van der Waals surface area contributed by atoms with Gasteiger partial charge >= 0.3 is 5.97 Å². The number of sulfonamides is 1. The normalized spacial score (nSPS) is 11.5. The van der Waals surface area contributed by atoms with Gasteiger partial charge in [0.1, 0.15) is 21.3 Å². The summed E-state index contributed by atoms with van der Waals surface area (Å²) in [5.41, 5.74) is 1.04. The molecule has 10 heteroatoms. The van der Waals surface area contributed by atoms with E-state index in [1.807, 2.05) is 18.2 Å². The van der Waals surface area contributed by atoms with Gasteiger partial charge in [0.05, 0.1) is 14.2 Å². The summed E-state index contributed by atoms with van der Waals surface area (Å²) in [4.78, 5) is 12.4. The van der Waals surface area contributed by atoms with Crippen LogP contribution in [0.4, 0.5) is 0 Å². The number of thiophene rings is 1. The van der Waals surface area contributed by atoms with Crippen LogP contribution in [0.1, 0.15) is 33.0 Å². The van der Waals surface area contributed by atoms with Gasteiger partial charge in [-0.2, -0.15) is 4.31 Å². The first-order valence-corrected chi connectivity index (χ1v) is 13.7. The van der Waals surface area contributed by atoms with Gasteiger partial charge in [-0.15, -0.1) is 11.3 Å². The third kappa shape index (κ3) is 7.20. The van der Waals surface area contributed by atoms with Gasteiger partial charge in [0.2, 0.25) is 10.0 Å². The monoisotopic (exact) mass is 537 g/mol. The van der Waals surface area contributed by atoms with Crippen LogP contribution in [0, 0.1) is 0 Å². The van der Waals surface area contributed by atoms with Gasteiger partial charge in [0.25, 0.3) is 0 Å². The van der Waals surface area contributed by atoms with E-state index in [0.717, 1.165) is 10.4 Å². The summed E-state index contributed by atoms with van der Waals surface area (Å²) in [5.74, 6) is -0.297. The fraction of sp³-hybridized carbons (Fsp3) is 0.320. The Kier molecular flexibility index (Phi) is 9.56. The van der Waals surface area contributed by atoms with Crippen LogP contribution >= 0.6 is 22.9 Å². The van der Waals surface area contributed by atoms with E-state index in [9.17, 15) is 13.2 Å². The molecule has 0 fully saturated rings. The molecule has 1 N–H and O–H groups in total. The van der Waals surface area contributed by atoms with E-state index in [-0.39, 0.29) is 22.1 Å². The minimum absolute atomic E-state index is 0.0476. The number of halogens is 1. The molecule has 0 spiro atoms. The van der Waals surface area contributed by atoms with Crippen LogP contribution in [0.25, 0.3) is 0 Å². The molecule has 3 aromatic rings. The number of carboxylic acid groups (broad SMARTS) is 1. The van der Waals surface area contributed by atoms with Crippen molar-refractivity contribution < 1.29 is 27.8 Å². The Morgan fingerprint density at radius 3 is 2.37 bits per heavy atom. The predicted molar refractivity (Wildman–Crippen MR) is 138 cm³/mol. The lowest BCUT2D eigenvalue weighted by Gasteiger charge is -2.23. The van der Waals surface area contributed by atoms with Crippen molar-refractivity contribution in [2.75, 3.05) is 27.3 Å². The Hall–Kier alpha value is -2.59. The molecule has 1 aromatic heterocycles. The van der Waals surface area contributed by atoms with Crippen molar-refractivity contribution in [3.8, 4) is 11.5 Å². The number of methoxy groups -OCH3 is 2. The fourth-order valence-corrected chi connectivity index (χ4v) is 6.47. The number of aromatic carboxylic acids is 1. The number of carbonyl (C=O) groups is 1. The number of hydrogen-bond donors (Lipinski definition) is 1. The summed E-state index contributed by atoms with van der Waals surface area (Å²) in [7, 11) is -0.979. The maximum absolute atomic E-state index is 13.7. The molecule has 0 bridgehead atoms. The van der Waals surface area contributed by atoms with Crippen LogP contribution in [-0.2, 0) is 22.9 Å². The highest BCUT2D eigenvalue weighted by Gasteiger charge is 2.28. The molecule has 0 aliphatic rings. The highest BCUT2D eigenvalue weighted by atomic mass is 35.5. The van der Waals surface area contributed by atoms with Crippen molar-refractivity contribution in [3.63, 3.8) is 0 Å². The van der Waals surface area contributed by atoms with E-state index in [1.165, 1.54) is 35.9 Å². The minimum Gasteiger partial charge on any atom is -0.497 e. The molecule has 0 saturated carbocycles. The van der Waals surface area contributed by atoms with Crippen molar-refractivity contribution in [2.45, 2.75) is 30.6 Å². The van der Waals surface area contributed by atoms with E-state index in [4.69, 9.17) is 26.2 Å². The van der Waals surface area contributed by atoms with Crippen LogP contribution in [0.5, 0.6) is 11.5 Å². The van der Waals surface area contributed by atoms with Crippen LogP contribution in [0.3, 0.4) is 0 Å². The van der Waals surface area contributed by atoms with Crippen LogP contribution in [-0.4, -0.2) is 51.1 Å². The first kappa shape index (κ1) is 27.0. The lowest BCUT2D eigenvalue weighted by Crippen LogP contribution is -2.33. The van der Waals surface area contributed by atoms with Crippen LogP contribution < -0.4 is 9.47 Å². The summed E-state index contributed by atoms with van der Waals surface area (Å²) < 4.78 is 39.5. The maximum Gasteiger partial charge on any atom is 0.345 e. The second kappa shape index (κ2) is 12.4. The highest BCUT2D eigenvalue weighted by molar-refractivity contribution is 7.89. The molecule has 0 amide bonds. The SMILES string of the molecule is COc1ccc(OC)c(S(=O)(=O)N(CCCc2cccc(Cl)c2)CCCc2ccc(C(=O)O)s2)c1. The van der Waals surface area contributed by atoms with Gasteiger partial charge in [-0.1, -0.05) is 23.7 Å². The molecule has 35 heavy (non-hydrogen) atoms. The van der Waals surface area contributed by atoms with Gasteiger partial charge in [0, 0.05) is 29.1 Å². The third-order valence-electron chi connectivity index (χ3n) is 5.45. The third-order valence-corrected chi connectivity index (χ3v) is 8.74. The molecule has 0 atom stereocenters. The zero-order valence-electron chi connectivity index (χ0n) is 19.6. The number of rotatable bonds is 13. The smallest absolute Gasteiger partial charge is 0.345 e. The predicted octanol–water partition coefficient (Wildman–Crippen LogP) is 5.37. The van der Waals surface area contributed by atoms with Crippen molar-refractivity contribution >= 4 is 38.9 Å². The Balaban J connectivity index is 1.79. The lowest BCUT2D eigenvalue weighted by atomic mass is 10.1. The largest absolute Gasteiger partial charge is 0.497 e. The number of hydrogen-bond acceptors (Lipinski definition) is 6. The Morgan fingerprint density at radius 2 is 1.74 bits per heavy atom. The fourth-order valence-electron chi connectivity index (χ4n) is 3.69. The van der Waals surface area contributed by atoms with E-state index in [1.54, 1.807) is 30.3 Å². The quantitative estimate of drug-likeness (QED) is 0.315. The zero-order chi connectivity index (χ0) is 25.4. The van der Waals surface area contributed by atoms with Gasteiger partial charge in [-0.25, -0.2) is 13.2 Å². The van der Waals surface area contributed by atoms with Gasteiger partial charge in [0.15, 0.2) is 0 Å². The summed E-state index contributed by atoms with van der Waals surface area (Å²) >= 11 is 7.29. The van der Waals surface area contributed by atoms with E-state index in [0.29, 0.717) is 43.0 Å². The van der Waals surface area contributed by atoms with Crippen molar-refractivity contribution in [2.24, 2.45) is 0 Å². The summed E-state index contributed by atoms with van der Waals surface area (Å²) in [6, 6.07) is 15.6. The lowest BCUT2D eigenvalue weighted by molar-refractivity contribution is 0.0702. The van der Waals surface area contributed by atoms with Gasteiger partial charge < -0.3 is 14.6 Å². The second-order valence-corrected chi connectivity index (χ2v) is 11.3. The van der Waals surface area contributed by atoms with E-state index in [2.05, 4.69) is 0 Å². The number of benzene rings is 2. The van der Waals surface area contributed by atoms with Crippen molar-refractivity contribution in [1.29, 1.82) is 0 Å². The summed E-state index contributed by atoms with van der Waals surface area (Å²) in [6.45, 7) is 0.582. The van der Waals surface area contributed by atoms with Crippen molar-refractivity contribution in [1.82, 2.24) is 4.31 Å². The maximum atomic E-state index is 13.7. The summed E-state index contributed by atoms with van der Waals surface area (Å²) in [5, 5.41) is 9.78. The van der Waals surface area contributed by atoms with Crippen molar-refractivity contribution in [3.05, 3.63) is 74.9 Å². The molecular formula is C25H28ClNO6S2. The minimum atomic E-state index is -3.89. The average molecular weight is 538 g/mol.